The predicted octanol–water partition coefficient (Wildman–Crippen LogP) is 9.87. The molecular formula is C50H80N6O8. The molecule has 4 heterocycles. The first-order valence-electron chi connectivity index (χ1n) is 25.0. The van der Waals surface area contributed by atoms with Crippen LogP contribution < -0.4 is 9.47 Å². The second kappa shape index (κ2) is 29.8. The van der Waals surface area contributed by atoms with Crippen LogP contribution in [0.25, 0.3) is 6.08 Å². The van der Waals surface area contributed by atoms with Crippen LogP contribution in [0.3, 0.4) is 0 Å². The first-order valence-corrected chi connectivity index (χ1v) is 25.0. The predicted molar refractivity (Wildman–Crippen MR) is 248 cm³/mol. The third-order valence-electron chi connectivity index (χ3n) is 12.3. The summed E-state index contributed by atoms with van der Waals surface area (Å²) in [5, 5.41) is 39.1. The molecule has 0 spiro atoms. The van der Waals surface area contributed by atoms with Crippen molar-refractivity contribution in [3.63, 3.8) is 0 Å². The fourth-order valence-electron chi connectivity index (χ4n) is 8.46. The summed E-state index contributed by atoms with van der Waals surface area (Å²) in [7, 11) is 0. The van der Waals surface area contributed by atoms with E-state index in [0.717, 1.165) is 38.0 Å². The quantitative estimate of drug-likeness (QED) is 0.0431. The van der Waals surface area contributed by atoms with E-state index < -0.39 is 36.8 Å². The number of ether oxygens (including phenoxy) is 5. The first kappa shape index (κ1) is 51.3. The second-order valence-electron chi connectivity index (χ2n) is 17.9. The van der Waals surface area contributed by atoms with Crippen LogP contribution in [0, 0.1) is 0 Å². The van der Waals surface area contributed by atoms with Crippen molar-refractivity contribution in [3.05, 3.63) is 53.6 Å². The molecule has 14 heteroatoms. The number of ketones is 1. The minimum atomic E-state index is -1.27. The number of carbonyl (C=O) groups is 1. The fraction of sp³-hybridized carbons (Fsp3) is 0.740. The summed E-state index contributed by atoms with van der Waals surface area (Å²) in [6.45, 7) is 8.81. The molecule has 2 saturated heterocycles. The molecular weight excluding hydrogens is 813 g/mol. The fourth-order valence-corrected chi connectivity index (χ4v) is 8.46. The molecule has 5 rings (SSSR count). The number of hydrogen-bond donors (Lipinski definition) is 2. The first-order chi connectivity index (χ1) is 31.4. The Morgan fingerprint density at radius 3 is 1.77 bits per heavy atom. The number of allylic oxidation sites excluding steroid dienone is 1. The Hall–Kier alpha value is -3.69. The number of fused-ring (bicyclic) bond motifs is 1. The van der Waals surface area contributed by atoms with Crippen molar-refractivity contribution in [1.82, 2.24) is 30.0 Å². The lowest BCUT2D eigenvalue weighted by Crippen LogP contribution is -2.62. The number of carbonyl (C=O) groups excluding carboxylic acids is 1. The maximum absolute atomic E-state index is 13.2. The number of hydrogen-bond acceptors (Lipinski definition) is 12. The van der Waals surface area contributed by atoms with Crippen molar-refractivity contribution < 1.29 is 38.7 Å². The number of rotatable bonds is 34. The van der Waals surface area contributed by atoms with Crippen LogP contribution in [0.5, 0.6) is 11.5 Å². The van der Waals surface area contributed by atoms with Crippen LogP contribution in [-0.2, 0) is 45.3 Å². The molecule has 64 heavy (non-hydrogen) atoms. The minimum absolute atomic E-state index is 0.116. The Labute approximate surface area is 382 Å². The SMILES string of the molecule is CCCCCCCCCCCCn1cc(COc2ccc(/C=C/C(=O)C[C@@H]3O[C@@H]4COC(CCC)O[C@H]4[C@H](O)[C@H]3O)cc2OCc2cn(CCCCCCCCCCCC)nn2)nn1. The molecule has 14 nitrogen and oxygen atoms in total. The Morgan fingerprint density at radius 1 is 0.688 bits per heavy atom. The highest BCUT2D eigenvalue weighted by Gasteiger charge is 2.48. The van der Waals surface area contributed by atoms with Crippen molar-refractivity contribution in [3.8, 4) is 11.5 Å². The maximum Gasteiger partial charge on any atom is 0.162 e. The minimum Gasteiger partial charge on any atom is -0.483 e. The largest absolute Gasteiger partial charge is 0.483 e. The number of aryl methyl sites for hydroxylation is 2. The summed E-state index contributed by atoms with van der Waals surface area (Å²) in [5.41, 5.74) is 2.14. The van der Waals surface area contributed by atoms with Gasteiger partial charge in [-0.2, -0.15) is 0 Å². The highest BCUT2D eigenvalue weighted by Crippen LogP contribution is 2.32. The van der Waals surface area contributed by atoms with Crippen molar-refractivity contribution in [2.45, 2.75) is 232 Å². The van der Waals surface area contributed by atoms with Crippen LogP contribution in [0.2, 0.25) is 0 Å². The zero-order chi connectivity index (χ0) is 45.2. The van der Waals surface area contributed by atoms with Crippen LogP contribution in [-0.4, -0.2) is 89.4 Å². The van der Waals surface area contributed by atoms with Crippen LogP contribution in [0.15, 0.2) is 36.7 Å². The van der Waals surface area contributed by atoms with Crippen LogP contribution >= 0.6 is 0 Å². The van der Waals surface area contributed by atoms with E-state index in [1.54, 1.807) is 6.08 Å². The van der Waals surface area contributed by atoms with Gasteiger partial charge in [0, 0.05) is 19.5 Å². The van der Waals surface area contributed by atoms with Gasteiger partial charge >= 0.3 is 0 Å². The molecule has 6 atom stereocenters. The lowest BCUT2D eigenvalue weighted by molar-refractivity contribution is -0.325. The normalized spacial score (nSPS) is 21.1. The summed E-state index contributed by atoms with van der Waals surface area (Å²) in [6.07, 6.45) is 29.0. The topological polar surface area (TPSA) is 165 Å². The summed E-state index contributed by atoms with van der Waals surface area (Å²) < 4.78 is 34.0. The number of unbranched alkanes of at least 4 members (excludes halogenated alkanes) is 18. The number of aliphatic hydroxyl groups excluding tert-OH is 2. The van der Waals surface area contributed by atoms with Crippen molar-refractivity contribution in [2.24, 2.45) is 0 Å². The Balaban J connectivity index is 1.13. The smallest absolute Gasteiger partial charge is 0.162 e. The van der Waals surface area contributed by atoms with Gasteiger partial charge in [0.25, 0.3) is 0 Å². The third kappa shape index (κ3) is 18.3. The molecule has 2 aromatic heterocycles. The van der Waals surface area contributed by atoms with Gasteiger partial charge in [-0.25, -0.2) is 0 Å². The van der Waals surface area contributed by atoms with E-state index in [4.69, 9.17) is 23.7 Å². The van der Waals surface area contributed by atoms with E-state index in [-0.39, 0.29) is 32.0 Å². The average molecular weight is 893 g/mol. The molecule has 0 amide bonds. The maximum atomic E-state index is 13.2. The lowest BCUT2D eigenvalue weighted by Gasteiger charge is -2.46. The molecule has 0 bridgehead atoms. The summed E-state index contributed by atoms with van der Waals surface area (Å²) in [6, 6.07) is 5.48. The van der Waals surface area contributed by atoms with Gasteiger partial charge in [-0.3, -0.25) is 14.2 Å². The molecule has 1 aromatic carbocycles. The Bertz CT molecular complexity index is 1750. The van der Waals surface area contributed by atoms with Gasteiger partial charge in [0.1, 0.15) is 49.0 Å². The van der Waals surface area contributed by atoms with Crippen LogP contribution in [0.1, 0.15) is 185 Å². The molecule has 2 aliphatic heterocycles. The van der Waals surface area contributed by atoms with E-state index >= 15 is 0 Å². The monoisotopic (exact) mass is 893 g/mol. The van der Waals surface area contributed by atoms with Gasteiger partial charge in [0.2, 0.25) is 0 Å². The summed E-state index contributed by atoms with van der Waals surface area (Å²) >= 11 is 0. The average Bonchev–Trinajstić information content (AvgIpc) is 3.97. The third-order valence-corrected chi connectivity index (χ3v) is 12.3. The lowest BCUT2D eigenvalue weighted by atomic mass is 9.91. The van der Waals surface area contributed by atoms with Gasteiger partial charge < -0.3 is 33.9 Å². The molecule has 3 aromatic rings. The van der Waals surface area contributed by atoms with E-state index in [1.165, 1.54) is 122 Å². The molecule has 1 unspecified atom stereocenters. The summed E-state index contributed by atoms with van der Waals surface area (Å²) in [5.74, 6) is 0.736. The zero-order valence-electron chi connectivity index (χ0n) is 39.3. The summed E-state index contributed by atoms with van der Waals surface area (Å²) in [4.78, 5) is 13.2. The molecule has 2 aliphatic rings. The molecule has 0 radical (unpaired) electrons. The standard InChI is InChI=1S/C50H80N6O8/c1-4-7-9-11-13-15-17-19-21-23-30-55-34-40(51-53-55)36-60-43-29-27-39(26-28-42(57)33-45-48(58)49(59)50-46(63-45)38-62-47(64-50)25-6-3)32-44(43)61-37-41-35-56(54-52-41)31-24-22-20-18-16-14-12-10-8-5-2/h26-29,32,34-35,45-50,58-59H,4-25,30-31,33,36-38H2,1-3H3/b28-26+/t45-,46+,47?,48-,49+,50+/m0/s1. The second-order valence-corrected chi connectivity index (χ2v) is 17.9. The van der Waals surface area contributed by atoms with E-state index in [1.807, 2.05) is 46.9 Å². The molecule has 0 saturated carbocycles. The van der Waals surface area contributed by atoms with Crippen LogP contribution in [0.4, 0.5) is 0 Å². The van der Waals surface area contributed by atoms with E-state index in [0.29, 0.717) is 29.2 Å². The van der Waals surface area contributed by atoms with Crippen molar-refractivity contribution >= 4 is 11.9 Å². The number of nitrogens with zero attached hydrogens (tertiary/aromatic N) is 6. The zero-order valence-corrected chi connectivity index (χ0v) is 39.3. The Kier molecular flexibility index (Phi) is 23.9. The molecule has 358 valence electrons. The Morgan fingerprint density at radius 2 is 1.22 bits per heavy atom. The molecule has 0 aliphatic carbocycles. The van der Waals surface area contributed by atoms with E-state index in [9.17, 15) is 15.0 Å². The van der Waals surface area contributed by atoms with Gasteiger partial charge in [0.15, 0.2) is 23.6 Å². The number of aromatic nitrogens is 6. The highest BCUT2D eigenvalue weighted by molar-refractivity contribution is 5.94. The number of aliphatic hydroxyl groups is 2. The van der Waals surface area contributed by atoms with Gasteiger partial charge in [-0.1, -0.05) is 165 Å². The molecule has 2 N–H and O–H groups in total. The number of benzene rings is 1. The highest BCUT2D eigenvalue weighted by atomic mass is 16.7. The van der Waals surface area contributed by atoms with Crippen molar-refractivity contribution in [2.75, 3.05) is 6.61 Å². The van der Waals surface area contributed by atoms with Gasteiger partial charge in [-0.05, 0) is 43.0 Å². The van der Waals surface area contributed by atoms with E-state index in [2.05, 4.69) is 34.5 Å². The van der Waals surface area contributed by atoms with Gasteiger partial charge in [0.05, 0.1) is 25.1 Å². The van der Waals surface area contributed by atoms with Gasteiger partial charge in [-0.15, -0.1) is 10.2 Å². The van der Waals surface area contributed by atoms with Crippen molar-refractivity contribution in [1.29, 1.82) is 0 Å². The molecule has 2 fully saturated rings.